The highest BCUT2D eigenvalue weighted by molar-refractivity contribution is 5.35. The van der Waals surface area contributed by atoms with E-state index < -0.39 is 11.8 Å². The van der Waals surface area contributed by atoms with Crippen molar-refractivity contribution in [3.8, 4) is 0 Å². The van der Waals surface area contributed by atoms with Gasteiger partial charge in [-0.2, -0.15) is 0 Å². The van der Waals surface area contributed by atoms with Crippen LogP contribution in [-0.2, 0) is 5.66 Å². The third kappa shape index (κ3) is 5.26. The summed E-state index contributed by atoms with van der Waals surface area (Å²) in [5.74, 6) is 0. The highest BCUT2D eigenvalue weighted by Gasteiger charge is 2.23. The zero-order chi connectivity index (χ0) is 15.7. The second kappa shape index (κ2) is 8.51. The van der Waals surface area contributed by atoms with E-state index in [0.29, 0.717) is 0 Å². The monoisotopic (exact) mass is 290 g/mol. The van der Waals surface area contributed by atoms with Crippen molar-refractivity contribution in [1.82, 2.24) is 0 Å². The van der Waals surface area contributed by atoms with Crippen molar-refractivity contribution in [2.45, 2.75) is 11.8 Å². The zero-order valence-corrected chi connectivity index (χ0v) is 11.8. The van der Waals surface area contributed by atoms with E-state index in [1.165, 1.54) is 0 Å². The largest absolute Gasteiger partial charge is 0.394 e. The maximum absolute atomic E-state index is 8.17. The van der Waals surface area contributed by atoms with Crippen LogP contribution < -0.4 is 11.5 Å². The van der Waals surface area contributed by atoms with Crippen molar-refractivity contribution in [2.24, 2.45) is 11.5 Å². The molecular weight excluding hydrogens is 268 g/mol. The summed E-state index contributed by atoms with van der Waals surface area (Å²) in [4.78, 5) is 0. The molecule has 114 valence electrons. The summed E-state index contributed by atoms with van der Waals surface area (Å²) in [7, 11) is 0. The molecule has 0 bridgehead atoms. The summed E-state index contributed by atoms with van der Waals surface area (Å²) in [6, 6.07) is 19.4. The van der Waals surface area contributed by atoms with Crippen LogP contribution in [0.2, 0.25) is 0 Å². The van der Waals surface area contributed by atoms with Crippen LogP contribution in [0.5, 0.6) is 0 Å². The first-order chi connectivity index (χ1) is 10.0. The first-order valence-corrected chi connectivity index (χ1v) is 6.61. The van der Waals surface area contributed by atoms with Gasteiger partial charge in [-0.05, 0) is 11.1 Å². The molecule has 0 amide bonds. The van der Waals surface area contributed by atoms with Gasteiger partial charge in [0.2, 0.25) is 0 Å². The lowest BCUT2D eigenvalue weighted by Crippen LogP contribution is -2.46. The number of hydrogen-bond donors (Lipinski definition) is 5. The SMILES string of the molecule is NC(N)(c1ccccc1)c1ccccc1.OCC(O)CO. The van der Waals surface area contributed by atoms with Crippen LogP contribution in [0, 0.1) is 0 Å². The Bertz CT molecular complexity index is 458. The minimum absolute atomic E-state index is 0.365. The highest BCUT2D eigenvalue weighted by Crippen LogP contribution is 2.20. The normalized spacial score (nSPS) is 11.0. The maximum atomic E-state index is 8.17. The van der Waals surface area contributed by atoms with Gasteiger partial charge >= 0.3 is 0 Å². The summed E-state index contributed by atoms with van der Waals surface area (Å²) in [6.07, 6.45) is -0.954. The van der Waals surface area contributed by atoms with Gasteiger partial charge in [0.15, 0.2) is 0 Å². The second-order valence-corrected chi connectivity index (χ2v) is 4.62. The van der Waals surface area contributed by atoms with Crippen molar-refractivity contribution in [1.29, 1.82) is 0 Å². The fraction of sp³-hybridized carbons (Fsp3) is 0.250. The Morgan fingerprint density at radius 2 is 1.10 bits per heavy atom. The van der Waals surface area contributed by atoms with Gasteiger partial charge in [0.1, 0.15) is 11.8 Å². The van der Waals surface area contributed by atoms with Crippen molar-refractivity contribution in [2.75, 3.05) is 13.2 Å². The molecule has 0 atom stereocenters. The summed E-state index contributed by atoms with van der Waals surface area (Å²) >= 11 is 0. The lowest BCUT2D eigenvalue weighted by atomic mass is 9.93. The lowest BCUT2D eigenvalue weighted by Gasteiger charge is -2.25. The molecule has 0 radical (unpaired) electrons. The lowest BCUT2D eigenvalue weighted by molar-refractivity contribution is 0.0450. The molecule has 0 saturated heterocycles. The maximum Gasteiger partial charge on any atom is 0.116 e. The standard InChI is InChI=1S/C13H14N2.C3H8O3/c14-13(15,11-7-3-1-4-8-11)12-9-5-2-6-10-12;4-1-3(6)2-5/h1-10H,14-15H2;3-6H,1-2H2. The van der Waals surface area contributed by atoms with Crippen molar-refractivity contribution in [3.63, 3.8) is 0 Å². The highest BCUT2D eigenvalue weighted by atomic mass is 16.3. The zero-order valence-electron chi connectivity index (χ0n) is 11.8. The molecule has 0 spiro atoms. The van der Waals surface area contributed by atoms with Gasteiger partial charge in [-0.3, -0.25) is 0 Å². The molecule has 0 heterocycles. The molecule has 21 heavy (non-hydrogen) atoms. The van der Waals surface area contributed by atoms with Crippen molar-refractivity contribution >= 4 is 0 Å². The minimum Gasteiger partial charge on any atom is -0.394 e. The first kappa shape index (κ1) is 17.3. The molecule has 2 aromatic rings. The van der Waals surface area contributed by atoms with E-state index in [1.807, 2.05) is 60.7 Å². The third-order valence-electron chi connectivity index (χ3n) is 2.92. The van der Waals surface area contributed by atoms with Gasteiger partial charge in [0, 0.05) is 0 Å². The molecule has 0 aliphatic carbocycles. The quantitative estimate of drug-likeness (QED) is 0.514. The van der Waals surface area contributed by atoms with E-state index in [4.69, 9.17) is 26.8 Å². The molecule has 2 aromatic carbocycles. The van der Waals surface area contributed by atoms with E-state index in [-0.39, 0.29) is 13.2 Å². The van der Waals surface area contributed by atoms with Crippen LogP contribution in [0.25, 0.3) is 0 Å². The topological polar surface area (TPSA) is 113 Å². The number of hydrogen-bond acceptors (Lipinski definition) is 5. The van der Waals surface area contributed by atoms with Gasteiger partial charge in [-0.15, -0.1) is 0 Å². The Balaban J connectivity index is 0.000000315. The van der Waals surface area contributed by atoms with Gasteiger partial charge in [-0.1, -0.05) is 60.7 Å². The predicted octanol–water partition coefficient (Wildman–Crippen LogP) is 0.137. The Labute approximate surface area is 124 Å². The second-order valence-electron chi connectivity index (χ2n) is 4.62. The predicted molar refractivity (Wildman–Crippen MR) is 82.2 cm³/mol. The molecule has 2 rings (SSSR count). The average Bonchev–Trinajstić information content (AvgIpc) is 2.56. The van der Waals surface area contributed by atoms with E-state index in [2.05, 4.69) is 0 Å². The number of rotatable bonds is 4. The number of aliphatic hydroxyl groups excluding tert-OH is 3. The molecule has 0 saturated carbocycles. The van der Waals surface area contributed by atoms with Crippen LogP contribution in [-0.4, -0.2) is 34.6 Å². The smallest absolute Gasteiger partial charge is 0.116 e. The fourth-order valence-electron chi connectivity index (χ4n) is 1.65. The Morgan fingerprint density at radius 3 is 1.33 bits per heavy atom. The van der Waals surface area contributed by atoms with Crippen LogP contribution in [0.1, 0.15) is 11.1 Å². The molecule has 5 nitrogen and oxygen atoms in total. The van der Waals surface area contributed by atoms with E-state index >= 15 is 0 Å². The molecule has 5 heteroatoms. The Morgan fingerprint density at radius 1 is 0.762 bits per heavy atom. The third-order valence-corrected chi connectivity index (χ3v) is 2.92. The molecule has 0 aromatic heterocycles. The van der Waals surface area contributed by atoms with E-state index in [1.54, 1.807) is 0 Å². The number of benzene rings is 2. The molecule has 7 N–H and O–H groups in total. The summed E-state index contributed by atoms with van der Waals surface area (Å²) < 4.78 is 0. The van der Waals surface area contributed by atoms with Gasteiger partial charge < -0.3 is 26.8 Å². The minimum atomic E-state index is -0.954. The Hall–Kier alpha value is -1.76. The molecule has 0 aliphatic heterocycles. The average molecular weight is 290 g/mol. The summed E-state index contributed by atoms with van der Waals surface area (Å²) in [6.45, 7) is -0.729. The van der Waals surface area contributed by atoms with Crippen LogP contribution in [0.15, 0.2) is 60.7 Å². The fourth-order valence-corrected chi connectivity index (χ4v) is 1.65. The summed E-state index contributed by atoms with van der Waals surface area (Å²) in [5.41, 5.74) is 13.2. The molecule has 0 fully saturated rings. The summed E-state index contributed by atoms with van der Waals surface area (Å²) in [5, 5.41) is 24.0. The Kier molecular flexibility index (Phi) is 7.01. The van der Waals surface area contributed by atoms with Gasteiger partial charge in [-0.25, -0.2) is 0 Å². The molecule has 0 aliphatic rings. The number of aliphatic hydroxyl groups is 3. The van der Waals surface area contributed by atoms with Gasteiger partial charge in [0.25, 0.3) is 0 Å². The number of nitrogens with two attached hydrogens (primary N) is 2. The molecule has 0 unspecified atom stereocenters. The van der Waals surface area contributed by atoms with Crippen molar-refractivity contribution < 1.29 is 15.3 Å². The van der Waals surface area contributed by atoms with Crippen molar-refractivity contribution in [3.05, 3.63) is 71.8 Å². The van der Waals surface area contributed by atoms with Gasteiger partial charge in [0.05, 0.1) is 13.2 Å². The van der Waals surface area contributed by atoms with E-state index in [0.717, 1.165) is 11.1 Å². The van der Waals surface area contributed by atoms with Crippen LogP contribution in [0.3, 0.4) is 0 Å². The van der Waals surface area contributed by atoms with Crippen LogP contribution >= 0.6 is 0 Å². The van der Waals surface area contributed by atoms with Crippen LogP contribution in [0.4, 0.5) is 0 Å². The first-order valence-electron chi connectivity index (χ1n) is 6.61. The molecular formula is C16H22N2O3. The van der Waals surface area contributed by atoms with E-state index in [9.17, 15) is 0 Å².